The first-order valence-corrected chi connectivity index (χ1v) is 7.22. The van der Waals surface area contributed by atoms with Gasteiger partial charge in [0.25, 0.3) is 15.7 Å². The number of hydrogen-bond donors (Lipinski definition) is 1. The molecule has 0 saturated carbocycles. The summed E-state index contributed by atoms with van der Waals surface area (Å²) in [4.78, 5) is 13.7. The van der Waals surface area contributed by atoms with Crippen molar-refractivity contribution in [2.24, 2.45) is 0 Å². The molecule has 1 aromatic heterocycles. The van der Waals surface area contributed by atoms with Crippen LogP contribution in [0.2, 0.25) is 0 Å². The van der Waals surface area contributed by atoms with Gasteiger partial charge in [0.1, 0.15) is 10.7 Å². The lowest BCUT2D eigenvalue weighted by Gasteiger charge is -2.19. The van der Waals surface area contributed by atoms with Crippen LogP contribution in [0.1, 0.15) is 0 Å². The predicted octanol–water partition coefficient (Wildman–Crippen LogP) is 1.40. The molecule has 8 nitrogen and oxygen atoms in total. The van der Waals surface area contributed by atoms with E-state index in [1.54, 1.807) is 12.1 Å². The van der Waals surface area contributed by atoms with Crippen LogP contribution < -0.4 is 10.0 Å². The van der Waals surface area contributed by atoms with E-state index in [9.17, 15) is 18.5 Å². The molecule has 0 unspecified atom stereocenters. The second kappa shape index (κ2) is 5.37. The van der Waals surface area contributed by atoms with Crippen molar-refractivity contribution < 1.29 is 13.3 Å². The molecular weight excluding hydrogens is 296 g/mol. The van der Waals surface area contributed by atoms with E-state index in [1.165, 1.54) is 25.4 Å². The van der Waals surface area contributed by atoms with Crippen LogP contribution in [0.5, 0.6) is 0 Å². The Labute approximate surface area is 121 Å². The summed E-state index contributed by atoms with van der Waals surface area (Å²) < 4.78 is 25.9. The minimum atomic E-state index is -4.04. The molecule has 0 atom stereocenters. The molecule has 21 heavy (non-hydrogen) atoms. The maximum absolute atomic E-state index is 12.5. The van der Waals surface area contributed by atoms with Gasteiger partial charge >= 0.3 is 0 Å². The average molecular weight is 308 g/mol. The summed E-state index contributed by atoms with van der Waals surface area (Å²) in [6.07, 6.45) is 1.44. The molecule has 0 amide bonds. The standard InChI is InChI=1S/C12H12N4O4S/c1-15(12-4-2-3-7-14-12)21(19,20)11-8-9(16(17)18)5-6-10(11)13/h2-8H,13H2,1H3. The van der Waals surface area contributed by atoms with Crippen LogP contribution in [0.4, 0.5) is 17.2 Å². The highest BCUT2D eigenvalue weighted by Crippen LogP contribution is 2.28. The summed E-state index contributed by atoms with van der Waals surface area (Å²) in [5.41, 5.74) is 5.23. The van der Waals surface area contributed by atoms with E-state index in [0.717, 1.165) is 16.4 Å². The summed E-state index contributed by atoms with van der Waals surface area (Å²) >= 11 is 0. The van der Waals surface area contributed by atoms with Crippen LogP contribution in [0.15, 0.2) is 47.5 Å². The van der Waals surface area contributed by atoms with Crippen LogP contribution in [-0.4, -0.2) is 25.4 Å². The molecule has 2 rings (SSSR count). The minimum absolute atomic E-state index is 0.0663. The van der Waals surface area contributed by atoms with E-state index in [2.05, 4.69) is 4.98 Å². The third-order valence-corrected chi connectivity index (χ3v) is 4.64. The third kappa shape index (κ3) is 2.77. The molecule has 0 saturated heterocycles. The molecule has 1 heterocycles. The molecule has 0 aliphatic heterocycles. The van der Waals surface area contributed by atoms with Crippen molar-refractivity contribution in [1.82, 2.24) is 4.98 Å². The zero-order chi connectivity index (χ0) is 15.6. The molecule has 0 spiro atoms. The highest BCUT2D eigenvalue weighted by Gasteiger charge is 2.26. The second-order valence-electron chi connectivity index (χ2n) is 4.14. The molecule has 0 aliphatic rings. The molecule has 110 valence electrons. The van der Waals surface area contributed by atoms with Crippen molar-refractivity contribution in [1.29, 1.82) is 0 Å². The van der Waals surface area contributed by atoms with E-state index in [-0.39, 0.29) is 22.1 Å². The topological polar surface area (TPSA) is 119 Å². The fourth-order valence-electron chi connectivity index (χ4n) is 1.67. The number of nitro groups is 1. The molecule has 2 N–H and O–H groups in total. The first kappa shape index (κ1) is 14.7. The van der Waals surface area contributed by atoms with Gasteiger partial charge in [0, 0.05) is 25.4 Å². The van der Waals surface area contributed by atoms with Gasteiger partial charge in [-0.25, -0.2) is 13.4 Å². The molecule has 1 aromatic carbocycles. The van der Waals surface area contributed by atoms with Gasteiger partial charge in [-0.3, -0.25) is 14.4 Å². The Morgan fingerprint density at radius 1 is 1.29 bits per heavy atom. The number of aromatic nitrogens is 1. The molecule has 9 heteroatoms. The number of anilines is 2. The smallest absolute Gasteiger partial charge is 0.270 e. The SMILES string of the molecule is CN(c1ccccn1)S(=O)(=O)c1cc([N+](=O)[O-])ccc1N. The Hall–Kier alpha value is -2.68. The van der Waals surface area contributed by atoms with E-state index in [1.807, 2.05) is 0 Å². The molecular formula is C12H12N4O4S. The number of nitrogen functional groups attached to an aromatic ring is 1. The van der Waals surface area contributed by atoms with Crippen molar-refractivity contribution in [3.8, 4) is 0 Å². The van der Waals surface area contributed by atoms with Crippen LogP contribution in [0, 0.1) is 10.1 Å². The number of benzene rings is 1. The number of pyridine rings is 1. The summed E-state index contributed by atoms with van der Waals surface area (Å²) in [6, 6.07) is 8.05. The molecule has 0 aliphatic carbocycles. The Bertz CT molecular complexity index is 777. The lowest BCUT2D eigenvalue weighted by Crippen LogP contribution is -2.28. The second-order valence-corrected chi connectivity index (χ2v) is 6.08. The zero-order valence-electron chi connectivity index (χ0n) is 11.0. The molecule has 0 fully saturated rings. The van der Waals surface area contributed by atoms with Crippen LogP contribution in [0.25, 0.3) is 0 Å². The lowest BCUT2D eigenvalue weighted by molar-refractivity contribution is -0.385. The van der Waals surface area contributed by atoms with Gasteiger partial charge in [-0.1, -0.05) is 6.07 Å². The highest BCUT2D eigenvalue weighted by molar-refractivity contribution is 7.93. The van der Waals surface area contributed by atoms with Crippen molar-refractivity contribution in [2.45, 2.75) is 4.90 Å². The van der Waals surface area contributed by atoms with Crippen LogP contribution in [-0.2, 0) is 10.0 Å². The number of nitrogens with zero attached hydrogens (tertiary/aromatic N) is 3. The first-order chi connectivity index (χ1) is 9.84. The molecule has 0 radical (unpaired) electrons. The fraction of sp³-hybridized carbons (Fsp3) is 0.0833. The van der Waals surface area contributed by atoms with Crippen LogP contribution >= 0.6 is 0 Å². The number of rotatable bonds is 4. The van der Waals surface area contributed by atoms with Crippen molar-refractivity contribution in [2.75, 3.05) is 17.1 Å². The van der Waals surface area contributed by atoms with Gasteiger partial charge in [0.05, 0.1) is 10.6 Å². The Morgan fingerprint density at radius 2 is 2.00 bits per heavy atom. The average Bonchev–Trinajstić information content (AvgIpc) is 2.47. The van der Waals surface area contributed by atoms with E-state index in [0.29, 0.717) is 0 Å². The number of hydrogen-bond acceptors (Lipinski definition) is 6. The van der Waals surface area contributed by atoms with Crippen LogP contribution in [0.3, 0.4) is 0 Å². The lowest BCUT2D eigenvalue weighted by atomic mass is 10.3. The summed E-state index contributed by atoms with van der Waals surface area (Å²) in [7, 11) is -2.74. The van der Waals surface area contributed by atoms with Gasteiger partial charge in [0.15, 0.2) is 0 Å². The normalized spacial score (nSPS) is 11.1. The van der Waals surface area contributed by atoms with Crippen molar-refractivity contribution >= 4 is 27.2 Å². The maximum Gasteiger partial charge on any atom is 0.270 e. The third-order valence-electron chi connectivity index (χ3n) is 2.82. The maximum atomic E-state index is 12.5. The first-order valence-electron chi connectivity index (χ1n) is 5.78. The van der Waals surface area contributed by atoms with E-state index >= 15 is 0 Å². The van der Waals surface area contributed by atoms with Gasteiger partial charge in [-0.15, -0.1) is 0 Å². The van der Waals surface area contributed by atoms with Crippen molar-refractivity contribution in [3.63, 3.8) is 0 Å². The quantitative estimate of drug-likeness (QED) is 0.518. The van der Waals surface area contributed by atoms with Gasteiger partial charge < -0.3 is 5.73 Å². The summed E-state index contributed by atoms with van der Waals surface area (Å²) in [6.45, 7) is 0. The minimum Gasteiger partial charge on any atom is -0.398 e. The summed E-state index contributed by atoms with van der Waals surface area (Å²) in [5.74, 6) is 0.184. The van der Waals surface area contributed by atoms with Crippen molar-refractivity contribution in [3.05, 3.63) is 52.7 Å². The summed E-state index contributed by atoms with van der Waals surface area (Å²) in [5, 5.41) is 10.8. The Morgan fingerprint density at radius 3 is 2.57 bits per heavy atom. The number of nitrogens with two attached hydrogens (primary N) is 1. The molecule has 2 aromatic rings. The van der Waals surface area contributed by atoms with Gasteiger partial charge in [-0.05, 0) is 18.2 Å². The number of non-ortho nitro benzene ring substituents is 1. The van der Waals surface area contributed by atoms with E-state index in [4.69, 9.17) is 5.73 Å². The fourth-order valence-corrected chi connectivity index (χ4v) is 2.96. The Kier molecular flexibility index (Phi) is 3.76. The number of sulfonamides is 1. The Balaban J connectivity index is 2.54. The van der Waals surface area contributed by atoms with E-state index < -0.39 is 14.9 Å². The van der Waals surface area contributed by atoms with Gasteiger partial charge in [0.2, 0.25) is 0 Å². The number of nitro benzene ring substituents is 1. The monoisotopic (exact) mass is 308 g/mol. The zero-order valence-corrected chi connectivity index (χ0v) is 11.8. The predicted molar refractivity (Wildman–Crippen MR) is 77.3 cm³/mol. The largest absolute Gasteiger partial charge is 0.398 e. The highest BCUT2D eigenvalue weighted by atomic mass is 32.2. The molecule has 0 bridgehead atoms. The van der Waals surface area contributed by atoms with Gasteiger partial charge in [-0.2, -0.15) is 0 Å².